The van der Waals surface area contributed by atoms with Crippen LogP contribution in [-0.2, 0) is 28.0 Å². The SMILES string of the molecule is O=[N+]([O-])[O-].O=[N+]([O-])[O-].[Cu+2].[OH3+].[OH3+].c1cncnc1.c1cncnc1. The van der Waals surface area contributed by atoms with Crippen LogP contribution in [-0.4, -0.2) is 30.1 Å². The molecule has 2 rings (SSSR count). The molecule has 23 heavy (non-hydrogen) atoms. The van der Waals surface area contributed by atoms with Crippen LogP contribution in [0.2, 0.25) is 0 Å². The van der Waals surface area contributed by atoms with Crippen molar-refractivity contribution in [3.8, 4) is 0 Å². The van der Waals surface area contributed by atoms with Crippen molar-refractivity contribution in [1.82, 2.24) is 19.9 Å². The first-order chi connectivity index (χ1) is 9.46. The van der Waals surface area contributed by atoms with Crippen molar-refractivity contribution in [2.75, 3.05) is 0 Å². The largest absolute Gasteiger partial charge is 2.00 e. The zero-order chi connectivity index (χ0) is 15.6. The van der Waals surface area contributed by atoms with Gasteiger partial charge in [0, 0.05) is 24.8 Å². The normalized spacial score (nSPS) is 6.26. The fourth-order valence-electron chi connectivity index (χ4n) is 0.507. The van der Waals surface area contributed by atoms with Crippen LogP contribution >= 0.6 is 0 Å². The first-order valence-corrected chi connectivity index (χ1v) is 4.49. The van der Waals surface area contributed by atoms with E-state index >= 15 is 0 Å². The van der Waals surface area contributed by atoms with Crippen LogP contribution in [0.25, 0.3) is 0 Å². The van der Waals surface area contributed by atoms with E-state index in [1.165, 1.54) is 12.7 Å². The second-order valence-electron chi connectivity index (χ2n) is 2.26. The Bertz CT molecular complexity index is 348. The molecule has 0 aromatic carbocycles. The molecule has 133 valence electrons. The van der Waals surface area contributed by atoms with Crippen molar-refractivity contribution in [2.45, 2.75) is 0 Å². The minimum Gasteiger partial charge on any atom is -0.457 e. The number of rotatable bonds is 0. The fraction of sp³-hybridized carbons (Fsp3) is 0. The molecule has 0 atom stereocenters. The van der Waals surface area contributed by atoms with E-state index in [1.54, 1.807) is 36.9 Å². The molecule has 1 radical (unpaired) electrons. The summed E-state index contributed by atoms with van der Waals surface area (Å²) in [5.74, 6) is 0. The average Bonchev–Trinajstić information content (AvgIpc) is 2.42. The monoisotopic (exact) mass is 385 g/mol. The van der Waals surface area contributed by atoms with Gasteiger partial charge in [0.15, 0.2) is 0 Å². The van der Waals surface area contributed by atoms with Gasteiger partial charge in [-0.05, 0) is 12.1 Å². The third-order valence-corrected chi connectivity index (χ3v) is 0.955. The van der Waals surface area contributed by atoms with Gasteiger partial charge in [0.25, 0.3) is 0 Å². The van der Waals surface area contributed by atoms with Crippen LogP contribution in [0.15, 0.2) is 49.6 Å². The maximum absolute atomic E-state index is 8.25. The molecule has 0 spiro atoms. The Kier molecular flexibility index (Phi) is 38.2. The Morgan fingerprint density at radius 1 is 0.609 bits per heavy atom. The smallest absolute Gasteiger partial charge is 0.457 e. The molecule has 2 heterocycles. The number of hydrogen-bond donors (Lipinski definition) is 0. The molecule has 0 bridgehead atoms. The van der Waals surface area contributed by atoms with Crippen LogP contribution in [0.5, 0.6) is 0 Å². The molecule has 0 aliphatic rings. The molecule has 14 nitrogen and oxygen atoms in total. The molecule has 2 aromatic rings. The van der Waals surface area contributed by atoms with Crippen molar-refractivity contribution in [1.29, 1.82) is 0 Å². The van der Waals surface area contributed by atoms with Gasteiger partial charge in [0.05, 0.1) is 10.2 Å². The van der Waals surface area contributed by atoms with E-state index in [2.05, 4.69) is 19.9 Å². The fourth-order valence-corrected chi connectivity index (χ4v) is 0.507. The summed E-state index contributed by atoms with van der Waals surface area (Å²) in [7, 11) is 0. The maximum atomic E-state index is 8.25. The van der Waals surface area contributed by atoms with E-state index in [9.17, 15) is 0 Å². The Morgan fingerprint density at radius 3 is 0.826 bits per heavy atom. The molecule has 0 aliphatic heterocycles. The molecule has 0 fully saturated rings. The van der Waals surface area contributed by atoms with Crippen molar-refractivity contribution < 1.29 is 38.2 Å². The molecule has 0 amide bonds. The molecule has 2 aromatic heterocycles. The summed E-state index contributed by atoms with van der Waals surface area (Å²) in [4.78, 5) is 31.2. The zero-order valence-electron chi connectivity index (χ0n) is 11.2. The first-order valence-electron chi connectivity index (χ1n) is 4.49. The molecular formula is C8H14CuN6O8+2. The molecule has 15 heteroatoms. The van der Waals surface area contributed by atoms with Gasteiger partial charge in [-0.15, -0.1) is 0 Å². The van der Waals surface area contributed by atoms with Gasteiger partial charge in [-0.2, -0.15) is 0 Å². The van der Waals surface area contributed by atoms with Gasteiger partial charge in [-0.25, -0.2) is 19.9 Å². The van der Waals surface area contributed by atoms with E-state index in [0.29, 0.717) is 0 Å². The molecule has 0 unspecified atom stereocenters. The predicted molar refractivity (Wildman–Crippen MR) is 74.5 cm³/mol. The quantitative estimate of drug-likeness (QED) is 0.222. The van der Waals surface area contributed by atoms with Crippen LogP contribution in [0.3, 0.4) is 0 Å². The zero-order valence-corrected chi connectivity index (χ0v) is 12.1. The Morgan fingerprint density at radius 2 is 0.783 bits per heavy atom. The minimum atomic E-state index is -1.75. The van der Waals surface area contributed by atoms with Gasteiger partial charge in [-0.1, -0.05) is 0 Å². The van der Waals surface area contributed by atoms with E-state index in [0.717, 1.165) is 0 Å². The third kappa shape index (κ3) is 67.8. The van der Waals surface area contributed by atoms with Gasteiger partial charge < -0.3 is 41.6 Å². The Labute approximate surface area is 139 Å². The van der Waals surface area contributed by atoms with E-state index < -0.39 is 10.2 Å². The number of nitrogens with zero attached hydrogens (tertiary/aromatic N) is 6. The number of aromatic nitrogens is 4. The Balaban J connectivity index is -0.0000000613. The summed E-state index contributed by atoms with van der Waals surface area (Å²) in [6.07, 6.45) is 9.75. The predicted octanol–water partition coefficient (Wildman–Crippen LogP) is -1.37. The third-order valence-electron chi connectivity index (χ3n) is 0.955. The molecule has 0 saturated carbocycles. The van der Waals surface area contributed by atoms with E-state index in [4.69, 9.17) is 30.6 Å². The van der Waals surface area contributed by atoms with Crippen molar-refractivity contribution in [3.63, 3.8) is 0 Å². The standard InChI is InChI=1S/2C4H4N2.Cu.2NO3.2H2O/c2*1-2-5-4-6-3-1;;2*2-1(3)4;;/h2*1-4H;;;;2*1H2/q;;+2;2*-1;;/p+2. The minimum absolute atomic E-state index is 0. The molecular weight excluding hydrogens is 372 g/mol. The summed E-state index contributed by atoms with van der Waals surface area (Å²) >= 11 is 0. The average molecular weight is 386 g/mol. The van der Waals surface area contributed by atoms with E-state index in [-0.39, 0.29) is 28.0 Å². The van der Waals surface area contributed by atoms with Gasteiger partial charge in [-0.3, -0.25) is 0 Å². The van der Waals surface area contributed by atoms with Crippen LogP contribution in [0.1, 0.15) is 0 Å². The summed E-state index contributed by atoms with van der Waals surface area (Å²) in [6, 6.07) is 3.56. The van der Waals surface area contributed by atoms with Crippen LogP contribution in [0.4, 0.5) is 0 Å². The molecule has 0 saturated heterocycles. The number of hydrogen-bond acceptors (Lipinski definition) is 10. The summed E-state index contributed by atoms with van der Waals surface area (Å²) < 4.78 is 0. The van der Waals surface area contributed by atoms with Crippen LogP contribution in [0, 0.1) is 30.6 Å². The molecule has 0 aliphatic carbocycles. The van der Waals surface area contributed by atoms with Crippen molar-refractivity contribution in [3.05, 3.63) is 80.2 Å². The second kappa shape index (κ2) is 27.4. The topological polar surface area (TPSA) is 250 Å². The van der Waals surface area contributed by atoms with Gasteiger partial charge in [0.2, 0.25) is 0 Å². The Hall–Kier alpha value is -3.00. The van der Waals surface area contributed by atoms with Crippen molar-refractivity contribution >= 4 is 0 Å². The van der Waals surface area contributed by atoms with E-state index in [1.807, 2.05) is 0 Å². The van der Waals surface area contributed by atoms with Gasteiger partial charge in [0.1, 0.15) is 12.7 Å². The molecule has 6 N–H and O–H groups in total. The van der Waals surface area contributed by atoms with Crippen molar-refractivity contribution in [2.24, 2.45) is 0 Å². The summed E-state index contributed by atoms with van der Waals surface area (Å²) in [6.45, 7) is 0. The second-order valence-corrected chi connectivity index (χ2v) is 2.26. The maximum Gasteiger partial charge on any atom is 2.00 e. The summed E-state index contributed by atoms with van der Waals surface area (Å²) in [5, 5.41) is 29.5. The van der Waals surface area contributed by atoms with Gasteiger partial charge >= 0.3 is 17.1 Å². The van der Waals surface area contributed by atoms with Crippen LogP contribution < -0.4 is 0 Å². The summed E-state index contributed by atoms with van der Waals surface area (Å²) in [5.41, 5.74) is 0. The first kappa shape index (κ1) is 32.1.